The number of anilines is 1. The van der Waals surface area contributed by atoms with Crippen molar-refractivity contribution < 1.29 is 18.9 Å². The minimum Gasteiger partial charge on any atom is -0.476 e. The minimum atomic E-state index is -0.180. The molecule has 0 unspecified atom stereocenters. The predicted molar refractivity (Wildman–Crippen MR) is 56.7 cm³/mol. The minimum absolute atomic E-state index is 0.167. The largest absolute Gasteiger partial charge is 0.476 e. The summed E-state index contributed by atoms with van der Waals surface area (Å²) in [5.41, 5.74) is 0. The van der Waals surface area contributed by atoms with E-state index in [0.29, 0.717) is 19.8 Å². The maximum atomic E-state index is 11.7. The van der Waals surface area contributed by atoms with E-state index in [1.165, 1.54) is 7.11 Å². The molecule has 0 saturated carbocycles. The number of hydrogen-bond donors (Lipinski definition) is 1. The number of nitrogens with zero attached hydrogens (tertiary/aromatic N) is 3. The van der Waals surface area contributed by atoms with Gasteiger partial charge < -0.3 is 14.8 Å². The van der Waals surface area contributed by atoms with Crippen LogP contribution in [0.2, 0.25) is 0 Å². The highest BCUT2D eigenvalue weighted by Crippen LogP contribution is 2.17. The molecule has 1 aromatic heterocycles. The average molecular weight is 242 g/mol. The van der Waals surface area contributed by atoms with Crippen LogP contribution in [-0.4, -0.2) is 61.1 Å². The number of carbonyl (C=O) groups is 1. The fraction of sp³-hybridized carbons (Fsp3) is 0.667. The highest BCUT2D eigenvalue weighted by atomic mass is 16.6. The van der Waals surface area contributed by atoms with Gasteiger partial charge in [0.05, 0.1) is 26.9 Å². The van der Waals surface area contributed by atoms with Crippen molar-refractivity contribution in [2.45, 2.75) is 0 Å². The average Bonchev–Trinajstić information content (AvgIpc) is 2.77. The number of carbonyl (C=O) groups excluding carboxylic acids is 1. The van der Waals surface area contributed by atoms with Crippen molar-refractivity contribution in [3.63, 3.8) is 0 Å². The molecule has 0 aliphatic carbocycles. The lowest BCUT2D eigenvalue weighted by molar-refractivity contribution is -0.118. The van der Waals surface area contributed by atoms with E-state index < -0.39 is 0 Å². The maximum absolute atomic E-state index is 11.7. The second-order valence-electron chi connectivity index (χ2n) is 3.56. The first-order valence-corrected chi connectivity index (χ1v) is 5.26. The summed E-state index contributed by atoms with van der Waals surface area (Å²) in [6.07, 6.45) is 0. The van der Waals surface area contributed by atoms with Crippen LogP contribution in [0.1, 0.15) is 0 Å². The molecular formula is C9H14N4O4. The topological polar surface area (TPSA) is 89.7 Å². The van der Waals surface area contributed by atoms with E-state index in [9.17, 15) is 4.79 Å². The molecule has 1 fully saturated rings. The van der Waals surface area contributed by atoms with Gasteiger partial charge in [0.2, 0.25) is 11.7 Å². The van der Waals surface area contributed by atoms with Gasteiger partial charge in [-0.1, -0.05) is 0 Å². The van der Waals surface area contributed by atoms with Gasteiger partial charge in [-0.05, 0) is 10.3 Å². The lowest BCUT2D eigenvalue weighted by Crippen LogP contribution is -2.41. The van der Waals surface area contributed by atoms with Crippen LogP contribution in [0.15, 0.2) is 4.63 Å². The van der Waals surface area contributed by atoms with Gasteiger partial charge in [-0.15, -0.1) is 0 Å². The van der Waals surface area contributed by atoms with Crippen LogP contribution in [-0.2, 0) is 9.53 Å². The third kappa shape index (κ3) is 3.14. The van der Waals surface area contributed by atoms with E-state index in [1.54, 1.807) is 0 Å². The summed E-state index contributed by atoms with van der Waals surface area (Å²) in [4.78, 5) is 13.7. The molecule has 2 heterocycles. The fourth-order valence-electron chi connectivity index (χ4n) is 1.52. The summed E-state index contributed by atoms with van der Waals surface area (Å²) < 4.78 is 14.5. The standard InChI is InChI=1S/C9H14N4O4/c1-15-9-8(11-17-12-9)10-7(14)6-13-2-4-16-5-3-13/h2-6H2,1H3,(H,10,11,14). The van der Waals surface area contributed by atoms with E-state index in [-0.39, 0.29) is 17.6 Å². The Morgan fingerprint density at radius 1 is 1.47 bits per heavy atom. The van der Waals surface area contributed by atoms with E-state index in [0.717, 1.165) is 13.1 Å². The molecule has 1 aliphatic heterocycles. The summed E-state index contributed by atoms with van der Waals surface area (Å²) in [7, 11) is 1.43. The summed E-state index contributed by atoms with van der Waals surface area (Å²) >= 11 is 0. The predicted octanol–water partition coefficient (Wildman–Crippen LogP) is -0.651. The van der Waals surface area contributed by atoms with Crippen LogP contribution in [0, 0.1) is 0 Å². The third-order valence-electron chi connectivity index (χ3n) is 2.38. The monoisotopic (exact) mass is 242 g/mol. The van der Waals surface area contributed by atoms with Gasteiger partial charge in [-0.3, -0.25) is 9.69 Å². The number of methoxy groups -OCH3 is 1. The van der Waals surface area contributed by atoms with Crippen LogP contribution >= 0.6 is 0 Å². The number of amides is 1. The molecule has 1 amide bonds. The molecule has 0 atom stereocenters. The fourth-order valence-corrected chi connectivity index (χ4v) is 1.52. The number of hydrogen-bond acceptors (Lipinski definition) is 7. The lowest BCUT2D eigenvalue weighted by atomic mass is 10.4. The van der Waals surface area contributed by atoms with Crippen molar-refractivity contribution >= 4 is 11.7 Å². The first-order valence-electron chi connectivity index (χ1n) is 5.26. The lowest BCUT2D eigenvalue weighted by Gasteiger charge is -2.25. The molecule has 1 N–H and O–H groups in total. The number of aromatic nitrogens is 2. The van der Waals surface area contributed by atoms with E-state index in [2.05, 4.69) is 20.3 Å². The zero-order valence-corrected chi connectivity index (χ0v) is 9.51. The SMILES string of the molecule is COc1nonc1NC(=O)CN1CCOCC1. The Labute approximate surface area is 97.8 Å². The second kappa shape index (κ2) is 5.60. The van der Waals surface area contributed by atoms with Gasteiger partial charge in [0.25, 0.3) is 0 Å². The zero-order chi connectivity index (χ0) is 12.1. The number of morpholine rings is 1. The van der Waals surface area contributed by atoms with Crippen LogP contribution in [0.4, 0.5) is 5.82 Å². The van der Waals surface area contributed by atoms with Crippen LogP contribution in [0.3, 0.4) is 0 Å². The van der Waals surface area contributed by atoms with Crippen LogP contribution in [0.25, 0.3) is 0 Å². The molecule has 1 saturated heterocycles. The normalized spacial score (nSPS) is 16.8. The van der Waals surface area contributed by atoms with Gasteiger partial charge in [0.15, 0.2) is 0 Å². The van der Waals surface area contributed by atoms with Crippen molar-refractivity contribution in [2.24, 2.45) is 0 Å². The van der Waals surface area contributed by atoms with Crippen molar-refractivity contribution in [1.29, 1.82) is 0 Å². The molecular weight excluding hydrogens is 228 g/mol. The molecule has 17 heavy (non-hydrogen) atoms. The van der Waals surface area contributed by atoms with Gasteiger partial charge in [0.1, 0.15) is 0 Å². The molecule has 8 nitrogen and oxygen atoms in total. The smallest absolute Gasteiger partial charge is 0.300 e. The summed E-state index contributed by atoms with van der Waals surface area (Å²) in [6.45, 7) is 3.10. The molecule has 0 radical (unpaired) electrons. The molecule has 0 bridgehead atoms. The first-order chi connectivity index (χ1) is 8.29. The van der Waals surface area contributed by atoms with Crippen molar-refractivity contribution in [3.8, 4) is 5.88 Å². The van der Waals surface area contributed by atoms with Crippen LogP contribution < -0.4 is 10.1 Å². The van der Waals surface area contributed by atoms with Crippen molar-refractivity contribution in [2.75, 3.05) is 45.3 Å². The van der Waals surface area contributed by atoms with E-state index in [4.69, 9.17) is 9.47 Å². The molecule has 1 aliphatic rings. The Morgan fingerprint density at radius 2 is 2.24 bits per heavy atom. The Balaban J connectivity index is 1.84. The Hall–Kier alpha value is -1.67. The summed E-state index contributed by atoms with van der Waals surface area (Å²) in [5.74, 6) is 0.187. The van der Waals surface area contributed by atoms with Crippen LogP contribution in [0.5, 0.6) is 5.88 Å². The van der Waals surface area contributed by atoms with Crippen molar-refractivity contribution in [3.05, 3.63) is 0 Å². The quantitative estimate of drug-likeness (QED) is 0.750. The number of rotatable bonds is 4. The summed E-state index contributed by atoms with van der Waals surface area (Å²) in [6, 6.07) is 0. The molecule has 2 rings (SSSR count). The van der Waals surface area contributed by atoms with E-state index >= 15 is 0 Å². The number of ether oxygens (including phenoxy) is 2. The first kappa shape index (κ1) is 11.8. The van der Waals surface area contributed by atoms with Gasteiger partial charge in [-0.25, -0.2) is 4.63 Å². The Kier molecular flexibility index (Phi) is 3.89. The highest BCUT2D eigenvalue weighted by molar-refractivity contribution is 5.92. The molecule has 8 heteroatoms. The van der Waals surface area contributed by atoms with Crippen molar-refractivity contribution in [1.82, 2.24) is 15.2 Å². The number of nitrogens with one attached hydrogen (secondary N) is 1. The van der Waals surface area contributed by atoms with Gasteiger partial charge >= 0.3 is 5.88 Å². The van der Waals surface area contributed by atoms with Gasteiger partial charge in [0, 0.05) is 13.1 Å². The zero-order valence-electron chi connectivity index (χ0n) is 9.51. The Bertz CT molecular complexity index is 375. The Morgan fingerprint density at radius 3 is 2.94 bits per heavy atom. The highest BCUT2D eigenvalue weighted by Gasteiger charge is 2.17. The molecule has 94 valence electrons. The van der Waals surface area contributed by atoms with Gasteiger partial charge in [-0.2, -0.15) is 0 Å². The second-order valence-corrected chi connectivity index (χ2v) is 3.56. The summed E-state index contributed by atoms with van der Waals surface area (Å²) in [5, 5.41) is 9.59. The van der Waals surface area contributed by atoms with E-state index in [1.807, 2.05) is 4.90 Å². The molecule has 0 spiro atoms. The molecule has 1 aromatic rings. The maximum Gasteiger partial charge on any atom is 0.300 e. The third-order valence-corrected chi connectivity index (χ3v) is 2.38. The molecule has 0 aromatic carbocycles.